The molecule has 1 amide bonds. The molecular formula is C20H21N5O5S. The number of nitrogens with zero attached hydrogens (tertiary/aromatic N) is 3. The number of nitro groups is 1. The fourth-order valence-corrected chi connectivity index (χ4v) is 3.91. The molecule has 3 aromatic rings. The molecule has 0 aliphatic heterocycles. The normalized spacial score (nSPS) is 11.3. The van der Waals surface area contributed by atoms with Crippen molar-refractivity contribution < 1.29 is 18.1 Å². The molecule has 10 nitrogen and oxygen atoms in total. The monoisotopic (exact) mass is 443 g/mol. The Labute approximate surface area is 179 Å². The number of sulfonamides is 1. The van der Waals surface area contributed by atoms with E-state index in [9.17, 15) is 23.3 Å². The summed E-state index contributed by atoms with van der Waals surface area (Å²) in [4.78, 5) is 23.7. The zero-order valence-electron chi connectivity index (χ0n) is 17.1. The minimum atomic E-state index is -3.57. The zero-order chi connectivity index (χ0) is 22.8. The Morgan fingerprint density at radius 1 is 1.13 bits per heavy atom. The van der Waals surface area contributed by atoms with Crippen molar-refractivity contribution in [1.29, 1.82) is 0 Å². The van der Waals surface area contributed by atoms with E-state index in [-0.39, 0.29) is 17.1 Å². The fourth-order valence-electron chi connectivity index (χ4n) is 3.18. The molecule has 1 aromatic heterocycles. The molecule has 3 rings (SSSR count). The molecule has 2 aromatic carbocycles. The van der Waals surface area contributed by atoms with Gasteiger partial charge in [-0.25, -0.2) is 13.1 Å². The number of benzene rings is 2. The Balaban J connectivity index is 1.84. The van der Waals surface area contributed by atoms with E-state index in [1.165, 1.54) is 36.0 Å². The fraction of sp³-hybridized carbons (Fsp3) is 0.200. The van der Waals surface area contributed by atoms with Crippen molar-refractivity contribution in [3.05, 3.63) is 81.2 Å². The van der Waals surface area contributed by atoms with E-state index < -0.39 is 20.9 Å². The Bertz CT molecular complexity index is 1250. The van der Waals surface area contributed by atoms with Crippen LogP contribution < -0.4 is 10.0 Å². The average molecular weight is 443 g/mol. The molecule has 0 unspecified atom stereocenters. The molecule has 0 bridgehead atoms. The molecule has 0 radical (unpaired) electrons. The number of anilines is 1. The Morgan fingerprint density at radius 3 is 2.35 bits per heavy atom. The van der Waals surface area contributed by atoms with Gasteiger partial charge in [0.2, 0.25) is 10.0 Å². The van der Waals surface area contributed by atoms with Gasteiger partial charge in [-0.1, -0.05) is 18.2 Å². The van der Waals surface area contributed by atoms with Gasteiger partial charge in [-0.3, -0.25) is 19.6 Å². The summed E-state index contributed by atoms with van der Waals surface area (Å²) >= 11 is 0. The molecule has 0 fully saturated rings. The third-order valence-corrected chi connectivity index (χ3v) is 6.23. The van der Waals surface area contributed by atoms with E-state index in [1.807, 2.05) is 0 Å². The summed E-state index contributed by atoms with van der Waals surface area (Å²) in [6.45, 7) is 3.36. The molecule has 2 N–H and O–H groups in total. The lowest BCUT2D eigenvalue weighted by Gasteiger charge is -2.11. The lowest BCUT2D eigenvalue weighted by molar-refractivity contribution is -0.386. The molecule has 0 aliphatic carbocycles. The van der Waals surface area contributed by atoms with Crippen LogP contribution in [0.3, 0.4) is 0 Å². The number of rotatable bonds is 7. The molecule has 1 heterocycles. The number of hydrogen-bond donors (Lipinski definition) is 2. The van der Waals surface area contributed by atoms with Crippen LogP contribution in [0.5, 0.6) is 0 Å². The van der Waals surface area contributed by atoms with Crippen molar-refractivity contribution in [2.45, 2.75) is 25.3 Å². The van der Waals surface area contributed by atoms with Gasteiger partial charge in [0.1, 0.15) is 11.4 Å². The van der Waals surface area contributed by atoms with Crippen LogP contribution >= 0.6 is 0 Å². The van der Waals surface area contributed by atoms with Gasteiger partial charge in [-0.15, -0.1) is 0 Å². The predicted molar refractivity (Wildman–Crippen MR) is 115 cm³/mol. The highest BCUT2D eigenvalue weighted by Gasteiger charge is 2.22. The van der Waals surface area contributed by atoms with Crippen molar-refractivity contribution >= 4 is 27.3 Å². The third kappa shape index (κ3) is 4.62. The number of carbonyl (C=O) groups excluding carboxylic acids is 1. The van der Waals surface area contributed by atoms with Crippen LogP contribution in [0.15, 0.2) is 53.4 Å². The van der Waals surface area contributed by atoms with Gasteiger partial charge in [0.05, 0.1) is 16.4 Å². The summed E-state index contributed by atoms with van der Waals surface area (Å²) < 4.78 is 27.4. The first-order chi connectivity index (χ1) is 14.6. The van der Waals surface area contributed by atoms with Gasteiger partial charge in [0, 0.05) is 11.3 Å². The van der Waals surface area contributed by atoms with Crippen molar-refractivity contribution in [1.82, 2.24) is 14.5 Å². The van der Waals surface area contributed by atoms with E-state index in [2.05, 4.69) is 15.1 Å². The Kier molecular flexibility index (Phi) is 6.18. The van der Waals surface area contributed by atoms with Gasteiger partial charge >= 0.3 is 5.69 Å². The van der Waals surface area contributed by atoms with Crippen LogP contribution in [0.1, 0.15) is 27.3 Å². The molecule has 162 valence electrons. The topological polar surface area (TPSA) is 136 Å². The number of carbonyl (C=O) groups is 1. The van der Waals surface area contributed by atoms with Crippen molar-refractivity contribution in [2.24, 2.45) is 0 Å². The minimum Gasteiger partial charge on any atom is -0.322 e. The van der Waals surface area contributed by atoms with Crippen LogP contribution in [-0.4, -0.2) is 36.1 Å². The van der Waals surface area contributed by atoms with Crippen molar-refractivity contribution in [2.75, 3.05) is 12.4 Å². The molecule has 0 spiro atoms. The maximum absolute atomic E-state index is 12.8. The van der Waals surface area contributed by atoms with Crippen molar-refractivity contribution in [3.63, 3.8) is 0 Å². The lowest BCUT2D eigenvalue weighted by Crippen LogP contribution is -2.19. The first kappa shape index (κ1) is 22.1. The molecule has 11 heteroatoms. The SMILES string of the molecule is CNS(=O)(=O)c1ccc(NC(=O)c2ccccc2Cn2nc(C)c([N+](=O)[O-])c2C)cc1. The van der Waals surface area contributed by atoms with Crippen LogP contribution in [0.4, 0.5) is 11.4 Å². The summed E-state index contributed by atoms with van der Waals surface area (Å²) in [5, 5.41) is 18.2. The second-order valence-electron chi connectivity index (χ2n) is 6.78. The molecule has 0 saturated carbocycles. The number of nitrogens with one attached hydrogen (secondary N) is 2. The van der Waals surface area contributed by atoms with E-state index in [1.54, 1.807) is 38.1 Å². The smallest absolute Gasteiger partial charge is 0.312 e. The Hall–Kier alpha value is -3.57. The van der Waals surface area contributed by atoms with Crippen LogP contribution in [0.25, 0.3) is 0 Å². The number of aromatic nitrogens is 2. The summed E-state index contributed by atoms with van der Waals surface area (Å²) in [7, 11) is -2.25. The van der Waals surface area contributed by atoms with Gasteiger partial charge < -0.3 is 5.32 Å². The highest BCUT2D eigenvalue weighted by molar-refractivity contribution is 7.89. The third-order valence-electron chi connectivity index (χ3n) is 4.80. The maximum Gasteiger partial charge on any atom is 0.312 e. The minimum absolute atomic E-state index is 0.0430. The molecular weight excluding hydrogens is 422 g/mol. The highest BCUT2D eigenvalue weighted by Crippen LogP contribution is 2.23. The molecule has 31 heavy (non-hydrogen) atoms. The molecule has 0 aliphatic rings. The van der Waals surface area contributed by atoms with Gasteiger partial charge in [0.15, 0.2) is 0 Å². The van der Waals surface area contributed by atoms with E-state index in [0.717, 1.165) is 0 Å². The molecule has 0 saturated heterocycles. The summed E-state index contributed by atoms with van der Waals surface area (Å²) in [6, 6.07) is 12.6. The quantitative estimate of drug-likeness (QED) is 0.425. The molecule has 0 atom stereocenters. The summed E-state index contributed by atoms with van der Waals surface area (Å²) in [5.74, 6) is -0.393. The van der Waals surface area contributed by atoms with E-state index >= 15 is 0 Å². The summed E-state index contributed by atoms with van der Waals surface area (Å²) in [6.07, 6.45) is 0. The standard InChI is InChI=1S/C20H21N5O5S/c1-13-19(25(27)28)14(2)24(23-13)12-15-6-4-5-7-18(15)20(26)22-16-8-10-17(11-9-16)31(29,30)21-3/h4-11,21H,12H2,1-3H3,(H,22,26). The van der Waals surface area contributed by atoms with E-state index in [4.69, 9.17) is 0 Å². The lowest BCUT2D eigenvalue weighted by atomic mass is 10.1. The summed E-state index contributed by atoms with van der Waals surface area (Å²) in [5.41, 5.74) is 2.11. The second kappa shape index (κ2) is 8.66. The number of hydrogen-bond acceptors (Lipinski definition) is 6. The van der Waals surface area contributed by atoms with Crippen LogP contribution in [-0.2, 0) is 16.6 Å². The van der Waals surface area contributed by atoms with Gasteiger partial charge in [-0.2, -0.15) is 5.10 Å². The first-order valence-corrected chi connectivity index (χ1v) is 10.7. The van der Waals surface area contributed by atoms with E-state index in [0.29, 0.717) is 28.2 Å². The largest absolute Gasteiger partial charge is 0.322 e. The van der Waals surface area contributed by atoms with Gasteiger partial charge in [-0.05, 0) is 56.8 Å². The van der Waals surface area contributed by atoms with Crippen LogP contribution in [0.2, 0.25) is 0 Å². The maximum atomic E-state index is 12.8. The number of amides is 1. The predicted octanol–water partition coefficient (Wildman–Crippen LogP) is 2.62. The van der Waals surface area contributed by atoms with Crippen molar-refractivity contribution in [3.8, 4) is 0 Å². The highest BCUT2D eigenvalue weighted by atomic mass is 32.2. The van der Waals surface area contributed by atoms with Gasteiger partial charge in [0.25, 0.3) is 5.91 Å². The number of aryl methyl sites for hydroxylation is 1. The average Bonchev–Trinajstić information content (AvgIpc) is 3.01. The zero-order valence-corrected chi connectivity index (χ0v) is 17.9. The van der Waals surface area contributed by atoms with Crippen LogP contribution in [0, 0.1) is 24.0 Å². The first-order valence-electron chi connectivity index (χ1n) is 9.25. The Morgan fingerprint density at radius 2 is 1.77 bits per heavy atom. The second-order valence-corrected chi connectivity index (χ2v) is 8.66.